The fraction of sp³-hybridized carbons (Fsp3) is 0.294. The van der Waals surface area contributed by atoms with Gasteiger partial charge in [0.2, 0.25) is 0 Å². The molecule has 1 N–H and O–H groups in total. The third kappa shape index (κ3) is 4.94. The van der Waals surface area contributed by atoms with Crippen LogP contribution in [0.1, 0.15) is 15.9 Å². The van der Waals surface area contributed by atoms with Gasteiger partial charge in [0.1, 0.15) is 12.4 Å². The maximum Gasteiger partial charge on any atom is 0.257 e. The molecule has 2 rings (SSSR count). The topological polar surface area (TPSA) is 54.5 Å². The number of nitrogens with zero attached hydrogens (tertiary/aromatic N) is 2. The minimum atomic E-state index is -0.293. The van der Waals surface area contributed by atoms with Crippen LogP contribution in [-0.2, 0) is 0 Å². The first-order valence-corrected chi connectivity index (χ1v) is 7.64. The minimum Gasteiger partial charge on any atom is -0.490 e. The van der Waals surface area contributed by atoms with Crippen LogP contribution in [0.3, 0.4) is 0 Å². The number of amides is 1. The van der Waals surface area contributed by atoms with Crippen molar-refractivity contribution in [3.05, 3.63) is 52.8 Å². The summed E-state index contributed by atoms with van der Waals surface area (Å²) in [5, 5.41) is 3.16. The monoisotopic (exact) mass is 333 g/mol. The fourth-order valence-corrected chi connectivity index (χ4v) is 2.14. The van der Waals surface area contributed by atoms with Crippen LogP contribution in [0.2, 0.25) is 5.02 Å². The van der Waals surface area contributed by atoms with Crippen LogP contribution < -0.4 is 10.1 Å². The molecule has 0 aliphatic carbocycles. The maximum absolute atomic E-state index is 12.4. The molecule has 1 aromatic heterocycles. The molecule has 122 valence electrons. The Kier molecular flexibility index (Phi) is 5.96. The zero-order chi connectivity index (χ0) is 16.8. The van der Waals surface area contributed by atoms with Gasteiger partial charge in [-0.1, -0.05) is 17.7 Å². The molecule has 0 spiro atoms. The molecular weight excluding hydrogens is 314 g/mol. The summed E-state index contributed by atoms with van der Waals surface area (Å²) in [6.07, 6.45) is 2.98. The maximum atomic E-state index is 12.4. The van der Waals surface area contributed by atoms with E-state index in [1.165, 1.54) is 12.4 Å². The van der Waals surface area contributed by atoms with E-state index in [4.69, 9.17) is 16.3 Å². The third-order valence-electron chi connectivity index (χ3n) is 3.20. The zero-order valence-corrected chi connectivity index (χ0v) is 14.2. The summed E-state index contributed by atoms with van der Waals surface area (Å²) in [7, 11) is 3.96. The average molecular weight is 334 g/mol. The van der Waals surface area contributed by atoms with Crippen molar-refractivity contribution in [1.29, 1.82) is 0 Å². The van der Waals surface area contributed by atoms with Crippen molar-refractivity contribution in [2.75, 3.05) is 32.6 Å². The summed E-state index contributed by atoms with van der Waals surface area (Å²) in [4.78, 5) is 18.3. The molecule has 1 heterocycles. The Morgan fingerprint density at radius 3 is 2.83 bits per heavy atom. The number of rotatable bonds is 6. The lowest BCUT2D eigenvalue weighted by Gasteiger charge is -2.15. The lowest BCUT2D eigenvalue weighted by molar-refractivity contribution is 0.102. The quantitative estimate of drug-likeness (QED) is 0.881. The number of nitrogens with one attached hydrogen (secondary N) is 1. The molecule has 0 aliphatic rings. The highest BCUT2D eigenvalue weighted by Crippen LogP contribution is 2.27. The number of hydrogen-bond donors (Lipinski definition) is 1. The van der Waals surface area contributed by atoms with Crippen LogP contribution in [0.25, 0.3) is 0 Å². The van der Waals surface area contributed by atoms with E-state index in [0.29, 0.717) is 28.6 Å². The van der Waals surface area contributed by atoms with Crippen molar-refractivity contribution in [2.24, 2.45) is 0 Å². The highest BCUT2D eigenvalue weighted by Gasteiger charge is 2.13. The number of aromatic nitrogens is 1. The molecule has 6 heteroatoms. The molecule has 2 aromatic rings. The number of anilines is 1. The van der Waals surface area contributed by atoms with Crippen LogP contribution in [0.15, 0.2) is 36.7 Å². The highest BCUT2D eigenvalue weighted by molar-refractivity contribution is 6.34. The van der Waals surface area contributed by atoms with Gasteiger partial charge in [-0.3, -0.25) is 9.78 Å². The van der Waals surface area contributed by atoms with Gasteiger partial charge in [-0.2, -0.15) is 0 Å². The number of carbonyl (C=O) groups excluding carboxylic acids is 1. The number of hydrogen-bond acceptors (Lipinski definition) is 4. The summed E-state index contributed by atoms with van der Waals surface area (Å²) in [5.41, 5.74) is 2.05. The molecule has 0 saturated carbocycles. The van der Waals surface area contributed by atoms with Crippen molar-refractivity contribution in [3.63, 3.8) is 0 Å². The van der Waals surface area contributed by atoms with Crippen molar-refractivity contribution in [3.8, 4) is 5.75 Å². The van der Waals surface area contributed by atoms with Crippen LogP contribution in [0.4, 0.5) is 5.69 Å². The van der Waals surface area contributed by atoms with Crippen molar-refractivity contribution in [1.82, 2.24) is 9.88 Å². The lowest BCUT2D eigenvalue weighted by Crippen LogP contribution is -2.20. The Morgan fingerprint density at radius 1 is 1.35 bits per heavy atom. The molecule has 0 saturated heterocycles. The summed E-state index contributed by atoms with van der Waals surface area (Å²) in [5.74, 6) is 0.351. The first-order chi connectivity index (χ1) is 11.0. The van der Waals surface area contributed by atoms with E-state index in [-0.39, 0.29) is 5.91 Å². The molecule has 0 aliphatic heterocycles. The lowest BCUT2D eigenvalue weighted by atomic mass is 10.2. The SMILES string of the molecule is Cc1ccc(NC(=O)c2ccncc2Cl)c(OCCN(C)C)c1. The number of ether oxygens (including phenoxy) is 1. The normalized spacial score (nSPS) is 10.7. The Balaban J connectivity index is 2.15. The number of pyridine rings is 1. The second-order valence-electron chi connectivity index (χ2n) is 5.46. The molecule has 0 bridgehead atoms. The number of likely N-dealkylation sites (N-methyl/N-ethyl adjacent to an activating group) is 1. The van der Waals surface area contributed by atoms with Gasteiger partial charge in [0, 0.05) is 18.9 Å². The minimum absolute atomic E-state index is 0.293. The molecule has 1 amide bonds. The van der Waals surface area contributed by atoms with Crippen LogP contribution in [-0.4, -0.2) is 43.0 Å². The molecule has 0 fully saturated rings. The van der Waals surface area contributed by atoms with E-state index in [1.807, 2.05) is 44.1 Å². The van der Waals surface area contributed by atoms with Gasteiger partial charge in [0.05, 0.1) is 16.3 Å². The summed E-state index contributed by atoms with van der Waals surface area (Å²) in [6.45, 7) is 3.30. The first-order valence-electron chi connectivity index (χ1n) is 7.26. The number of benzene rings is 1. The Hall–Kier alpha value is -2.11. The standard InChI is InChI=1S/C17H20ClN3O2/c1-12-4-5-15(16(10-12)23-9-8-21(2)3)20-17(22)13-6-7-19-11-14(13)18/h4-7,10-11H,8-9H2,1-3H3,(H,20,22). The van der Waals surface area contributed by atoms with E-state index in [9.17, 15) is 4.79 Å². The number of carbonyl (C=O) groups is 1. The van der Waals surface area contributed by atoms with Crippen LogP contribution in [0.5, 0.6) is 5.75 Å². The molecular formula is C17H20ClN3O2. The van der Waals surface area contributed by atoms with Gasteiger partial charge in [0.25, 0.3) is 5.91 Å². The Bertz CT molecular complexity index is 689. The van der Waals surface area contributed by atoms with Gasteiger partial charge >= 0.3 is 0 Å². The summed E-state index contributed by atoms with van der Waals surface area (Å²) < 4.78 is 5.79. The van der Waals surface area contributed by atoms with E-state index in [1.54, 1.807) is 6.07 Å². The predicted octanol–water partition coefficient (Wildman–Crippen LogP) is 3.24. The van der Waals surface area contributed by atoms with Gasteiger partial charge in [-0.25, -0.2) is 0 Å². The van der Waals surface area contributed by atoms with Crippen LogP contribution in [0, 0.1) is 6.92 Å². The number of aryl methyl sites for hydroxylation is 1. The van der Waals surface area contributed by atoms with E-state index < -0.39 is 0 Å². The Labute approximate surface area is 141 Å². The zero-order valence-electron chi connectivity index (χ0n) is 13.5. The largest absolute Gasteiger partial charge is 0.490 e. The van der Waals surface area contributed by atoms with Crippen molar-refractivity contribution >= 4 is 23.2 Å². The third-order valence-corrected chi connectivity index (χ3v) is 3.50. The predicted molar refractivity (Wildman–Crippen MR) is 92.4 cm³/mol. The second-order valence-corrected chi connectivity index (χ2v) is 5.87. The fourth-order valence-electron chi connectivity index (χ4n) is 1.94. The second kappa shape index (κ2) is 7.94. The van der Waals surface area contributed by atoms with Gasteiger partial charge < -0.3 is 15.0 Å². The molecule has 1 aromatic carbocycles. The Morgan fingerprint density at radius 2 is 2.13 bits per heavy atom. The van der Waals surface area contributed by atoms with Crippen molar-refractivity contribution < 1.29 is 9.53 Å². The van der Waals surface area contributed by atoms with E-state index >= 15 is 0 Å². The smallest absolute Gasteiger partial charge is 0.257 e. The average Bonchev–Trinajstić information content (AvgIpc) is 2.50. The van der Waals surface area contributed by atoms with Gasteiger partial charge in [-0.05, 0) is 44.8 Å². The molecule has 5 nitrogen and oxygen atoms in total. The van der Waals surface area contributed by atoms with Crippen molar-refractivity contribution in [2.45, 2.75) is 6.92 Å². The molecule has 0 atom stereocenters. The van der Waals surface area contributed by atoms with E-state index in [2.05, 4.69) is 10.3 Å². The highest BCUT2D eigenvalue weighted by atomic mass is 35.5. The van der Waals surface area contributed by atoms with Gasteiger partial charge in [0.15, 0.2) is 0 Å². The summed E-state index contributed by atoms with van der Waals surface area (Å²) >= 11 is 6.01. The summed E-state index contributed by atoms with van der Waals surface area (Å²) in [6, 6.07) is 7.23. The van der Waals surface area contributed by atoms with Crippen LogP contribution >= 0.6 is 11.6 Å². The molecule has 0 radical (unpaired) electrons. The molecule has 0 unspecified atom stereocenters. The molecule has 23 heavy (non-hydrogen) atoms. The van der Waals surface area contributed by atoms with E-state index in [0.717, 1.165) is 12.1 Å². The first kappa shape index (κ1) is 17.2. The van der Waals surface area contributed by atoms with Gasteiger partial charge in [-0.15, -0.1) is 0 Å². The number of halogens is 1.